The third-order valence-corrected chi connectivity index (χ3v) is 9.59. The molecule has 3 atom stereocenters. The lowest BCUT2D eigenvalue weighted by Crippen LogP contribution is -2.21. The number of hydrogen-bond acceptors (Lipinski definition) is 3. The van der Waals surface area contributed by atoms with Crippen molar-refractivity contribution in [3.63, 3.8) is 0 Å². The van der Waals surface area contributed by atoms with Gasteiger partial charge in [0.2, 0.25) is 0 Å². The highest BCUT2D eigenvalue weighted by Crippen LogP contribution is 2.61. The van der Waals surface area contributed by atoms with Crippen LogP contribution in [-0.4, -0.2) is 16.1 Å². The molecule has 4 nitrogen and oxygen atoms in total. The van der Waals surface area contributed by atoms with Gasteiger partial charge in [0, 0.05) is 22.2 Å². The number of carboxylic acids is 1. The number of nitrogens with zero attached hydrogens (tertiary/aromatic N) is 1. The normalized spacial score (nSPS) is 24.9. The minimum absolute atomic E-state index is 0.0149. The number of fused-ring (bicyclic) bond motifs is 2. The van der Waals surface area contributed by atoms with Crippen LogP contribution in [0.4, 0.5) is 8.78 Å². The molecule has 6 rings (SSSR count). The van der Waals surface area contributed by atoms with Crippen LogP contribution in [0, 0.1) is 29.9 Å². The van der Waals surface area contributed by atoms with Gasteiger partial charge in [0.1, 0.15) is 24.0 Å². The standard InChI is InChI=1S/C33H35F2NO3/c1-19-12-25(30(35)17-36-19)23-15-29(34)21(13-24(23)26-7-5-10-32(26,2)3)18-39-22-9-8-20-6-4-11-33(27(20)14-22)16-28(33)31(37)38/h8-9,12-15,17,26,28H,4-7,10-11,16,18H2,1-3H3,(H,37,38)/t26-,28+,33+/m1/s1. The Balaban J connectivity index is 1.34. The fourth-order valence-corrected chi connectivity index (χ4v) is 7.34. The van der Waals surface area contributed by atoms with Crippen LogP contribution in [0.25, 0.3) is 11.1 Å². The number of carbonyl (C=O) groups is 1. The first-order chi connectivity index (χ1) is 18.6. The summed E-state index contributed by atoms with van der Waals surface area (Å²) in [4.78, 5) is 15.8. The lowest BCUT2D eigenvalue weighted by molar-refractivity contribution is -0.139. The van der Waals surface area contributed by atoms with Crippen molar-refractivity contribution in [2.45, 2.75) is 83.7 Å². The predicted molar refractivity (Wildman–Crippen MR) is 146 cm³/mol. The number of hydrogen-bond donors (Lipinski definition) is 1. The molecule has 0 aliphatic heterocycles. The zero-order valence-corrected chi connectivity index (χ0v) is 22.8. The number of rotatable bonds is 6. The van der Waals surface area contributed by atoms with Crippen LogP contribution < -0.4 is 4.74 Å². The monoisotopic (exact) mass is 531 g/mol. The first kappa shape index (κ1) is 26.0. The van der Waals surface area contributed by atoms with Gasteiger partial charge in [-0.1, -0.05) is 26.3 Å². The lowest BCUT2D eigenvalue weighted by Gasteiger charge is -2.30. The molecule has 39 heavy (non-hydrogen) atoms. The van der Waals surface area contributed by atoms with E-state index >= 15 is 4.39 Å². The second-order valence-corrected chi connectivity index (χ2v) is 12.5. The first-order valence-corrected chi connectivity index (χ1v) is 14.0. The summed E-state index contributed by atoms with van der Waals surface area (Å²) in [6.45, 7) is 6.31. The van der Waals surface area contributed by atoms with E-state index in [0.29, 0.717) is 34.6 Å². The van der Waals surface area contributed by atoms with E-state index in [1.54, 1.807) is 6.07 Å². The molecule has 0 bridgehead atoms. The summed E-state index contributed by atoms with van der Waals surface area (Å²) in [5.74, 6) is -1.17. The fourth-order valence-electron chi connectivity index (χ4n) is 7.34. The van der Waals surface area contributed by atoms with Gasteiger partial charge in [-0.3, -0.25) is 9.78 Å². The van der Waals surface area contributed by atoms with Gasteiger partial charge < -0.3 is 9.84 Å². The second-order valence-electron chi connectivity index (χ2n) is 12.5. The number of ether oxygens (including phenoxy) is 1. The topological polar surface area (TPSA) is 59.4 Å². The Kier molecular flexibility index (Phi) is 6.28. The molecule has 2 aromatic carbocycles. The van der Waals surface area contributed by atoms with Crippen molar-refractivity contribution in [3.05, 3.63) is 82.2 Å². The molecular formula is C33H35F2NO3. The van der Waals surface area contributed by atoms with Crippen molar-refractivity contribution in [2.75, 3.05) is 0 Å². The highest BCUT2D eigenvalue weighted by Gasteiger charge is 2.60. The first-order valence-electron chi connectivity index (χ1n) is 14.0. The number of aromatic nitrogens is 1. The summed E-state index contributed by atoms with van der Waals surface area (Å²) in [6.07, 6.45) is 7.79. The van der Waals surface area contributed by atoms with Crippen LogP contribution in [0.3, 0.4) is 0 Å². The second kappa shape index (κ2) is 9.42. The third kappa shape index (κ3) is 4.52. The maximum Gasteiger partial charge on any atom is 0.307 e. The average Bonchev–Trinajstić information content (AvgIpc) is 3.51. The van der Waals surface area contributed by atoms with Crippen LogP contribution in [0.15, 0.2) is 42.6 Å². The van der Waals surface area contributed by atoms with Gasteiger partial charge in [-0.2, -0.15) is 0 Å². The molecule has 6 heteroatoms. The number of carboxylic acid groups (broad SMARTS) is 1. The van der Waals surface area contributed by atoms with E-state index in [1.165, 1.54) is 17.8 Å². The minimum atomic E-state index is -0.737. The SMILES string of the molecule is Cc1cc(-c2cc(F)c(COc3ccc4c(c3)[C@]3(CCC4)C[C@H]3C(=O)O)cc2[C@H]2CCCC2(C)C)c(F)cn1. The Hall–Kier alpha value is -3.28. The Labute approximate surface area is 228 Å². The average molecular weight is 532 g/mol. The summed E-state index contributed by atoms with van der Waals surface area (Å²) in [5.41, 5.74) is 5.02. The van der Waals surface area contributed by atoms with E-state index < -0.39 is 17.6 Å². The van der Waals surface area contributed by atoms with E-state index in [4.69, 9.17) is 4.74 Å². The van der Waals surface area contributed by atoms with Gasteiger partial charge in [0.15, 0.2) is 0 Å². The molecule has 1 N–H and O–H groups in total. The predicted octanol–water partition coefficient (Wildman–Crippen LogP) is 7.89. The highest BCUT2D eigenvalue weighted by atomic mass is 19.1. The van der Waals surface area contributed by atoms with Crippen LogP contribution in [0.2, 0.25) is 0 Å². The van der Waals surface area contributed by atoms with E-state index in [2.05, 4.69) is 18.8 Å². The van der Waals surface area contributed by atoms with Crippen molar-refractivity contribution in [1.29, 1.82) is 0 Å². The zero-order chi connectivity index (χ0) is 27.5. The van der Waals surface area contributed by atoms with Crippen molar-refractivity contribution in [3.8, 4) is 16.9 Å². The van der Waals surface area contributed by atoms with E-state index in [-0.39, 0.29) is 29.3 Å². The molecule has 0 radical (unpaired) electrons. The van der Waals surface area contributed by atoms with E-state index in [9.17, 15) is 14.3 Å². The molecule has 2 fully saturated rings. The van der Waals surface area contributed by atoms with Crippen molar-refractivity contribution in [2.24, 2.45) is 11.3 Å². The molecule has 2 saturated carbocycles. The summed E-state index contributed by atoms with van der Waals surface area (Å²) in [6, 6.07) is 10.9. The zero-order valence-electron chi connectivity index (χ0n) is 22.8. The molecule has 3 aliphatic carbocycles. The molecule has 3 aromatic rings. The third-order valence-electron chi connectivity index (χ3n) is 9.59. The molecule has 1 spiro atoms. The van der Waals surface area contributed by atoms with Gasteiger partial charge in [0.25, 0.3) is 0 Å². The summed E-state index contributed by atoms with van der Waals surface area (Å²) < 4.78 is 36.7. The quantitative estimate of drug-likeness (QED) is 0.351. The van der Waals surface area contributed by atoms with E-state index in [0.717, 1.165) is 49.7 Å². The van der Waals surface area contributed by atoms with Crippen molar-refractivity contribution < 1.29 is 23.4 Å². The highest BCUT2D eigenvalue weighted by molar-refractivity contribution is 5.78. The fraction of sp³-hybridized carbons (Fsp3) is 0.455. The number of aryl methyl sites for hydroxylation is 2. The number of benzene rings is 2. The summed E-state index contributed by atoms with van der Waals surface area (Å²) >= 11 is 0. The molecule has 0 saturated heterocycles. The van der Waals surface area contributed by atoms with Gasteiger partial charge in [-0.05, 0) is 109 Å². The molecule has 0 amide bonds. The number of halogens is 2. The van der Waals surface area contributed by atoms with Gasteiger partial charge in [-0.25, -0.2) is 8.78 Å². The van der Waals surface area contributed by atoms with E-state index in [1.807, 2.05) is 31.2 Å². The maximum absolute atomic E-state index is 15.6. The van der Waals surface area contributed by atoms with Gasteiger partial charge in [0.05, 0.1) is 12.1 Å². The minimum Gasteiger partial charge on any atom is -0.489 e. The summed E-state index contributed by atoms with van der Waals surface area (Å²) in [7, 11) is 0. The molecule has 3 aliphatic rings. The number of pyridine rings is 1. The van der Waals surface area contributed by atoms with Crippen LogP contribution in [0.1, 0.15) is 86.2 Å². The molecule has 1 heterocycles. The molecule has 204 valence electrons. The van der Waals surface area contributed by atoms with Crippen molar-refractivity contribution >= 4 is 5.97 Å². The van der Waals surface area contributed by atoms with Crippen LogP contribution >= 0.6 is 0 Å². The Morgan fingerprint density at radius 2 is 1.90 bits per heavy atom. The molecule has 1 aromatic heterocycles. The van der Waals surface area contributed by atoms with Gasteiger partial charge in [-0.15, -0.1) is 0 Å². The van der Waals surface area contributed by atoms with Crippen LogP contribution in [0.5, 0.6) is 5.75 Å². The van der Waals surface area contributed by atoms with Crippen LogP contribution in [-0.2, 0) is 23.2 Å². The smallest absolute Gasteiger partial charge is 0.307 e. The molecule has 0 unspecified atom stereocenters. The maximum atomic E-state index is 15.6. The lowest BCUT2D eigenvalue weighted by atomic mass is 9.75. The Morgan fingerprint density at radius 1 is 1.08 bits per heavy atom. The number of aliphatic carboxylic acids is 1. The summed E-state index contributed by atoms with van der Waals surface area (Å²) in [5, 5.41) is 9.64. The van der Waals surface area contributed by atoms with Gasteiger partial charge >= 0.3 is 5.97 Å². The van der Waals surface area contributed by atoms with Crippen molar-refractivity contribution in [1.82, 2.24) is 4.98 Å². The Bertz CT molecular complexity index is 1470. The molecular weight excluding hydrogens is 496 g/mol. The Morgan fingerprint density at radius 3 is 2.62 bits per heavy atom. The largest absolute Gasteiger partial charge is 0.489 e.